The zero-order valence-electron chi connectivity index (χ0n) is 7.85. The van der Waals surface area contributed by atoms with Crippen molar-refractivity contribution in [2.45, 2.75) is 0 Å². The largest absolute Gasteiger partial charge is 0.477 e. The smallest absolute Gasteiger partial charge is 0.416 e. The third-order valence-corrected chi connectivity index (χ3v) is 2.67. The van der Waals surface area contributed by atoms with Crippen LogP contribution in [0.2, 0.25) is 0 Å². The van der Waals surface area contributed by atoms with Gasteiger partial charge in [-0.3, -0.25) is 0 Å². The fourth-order valence-electron chi connectivity index (χ4n) is 1.55. The Balaban J connectivity index is 2.86. The number of nitrogens with zero attached hydrogens (tertiary/aromatic N) is 1. The van der Waals surface area contributed by atoms with Crippen LogP contribution in [0.25, 0.3) is 10.9 Å². The Kier molecular flexibility index (Phi) is 2.43. The molecule has 0 spiro atoms. The van der Waals surface area contributed by atoms with E-state index < -0.39 is 12.1 Å². The van der Waals surface area contributed by atoms with E-state index in [1.165, 1.54) is 6.07 Å². The van der Waals surface area contributed by atoms with Crippen molar-refractivity contribution >= 4 is 38.9 Å². The number of carboxylic acids is 1. The van der Waals surface area contributed by atoms with Crippen LogP contribution < -0.4 is 0 Å². The number of aromatic carboxylic acids is 1. The molecule has 1 aromatic carbocycles. The highest BCUT2D eigenvalue weighted by Crippen LogP contribution is 2.23. The average Bonchev–Trinajstić information content (AvgIpc) is 2.55. The van der Waals surface area contributed by atoms with Gasteiger partial charge < -0.3 is 10.2 Å². The normalized spacial score (nSPS) is 10.6. The van der Waals surface area contributed by atoms with Crippen LogP contribution in [-0.2, 0) is 0 Å². The summed E-state index contributed by atoms with van der Waals surface area (Å²) in [7, 11) is 0. The van der Waals surface area contributed by atoms with Crippen LogP contribution in [0.1, 0.15) is 10.5 Å². The number of hydrogen-bond donors (Lipinski definition) is 2. The van der Waals surface area contributed by atoms with Gasteiger partial charge in [0.25, 0.3) is 0 Å². The molecule has 0 saturated carbocycles. The van der Waals surface area contributed by atoms with Crippen molar-refractivity contribution in [1.29, 1.82) is 0 Å². The summed E-state index contributed by atoms with van der Waals surface area (Å²) in [5, 5.41) is 18.4. The van der Waals surface area contributed by atoms with Gasteiger partial charge in [0.1, 0.15) is 5.69 Å². The second kappa shape index (κ2) is 3.64. The van der Waals surface area contributed by atoms with Crippen LogP contribution >= 0.6 is 15.9 Å². The molecule has 0 atom stereocenters. The average molecular weight is 284 g/mol. The SMILES string of the molecule is O=C(O)c1cc2cc(Br)ccc2n1C(=O)O. The van der Waals surface area contributed by atoms with E-state index in [0.29, 0.717) is 10.9 Å². The van der Waals surface area contributed by atoms with E-state index >= 15 is 0 Å². The molecule has 5 nitrogen and oxygen atoms in total. The van der Waals surface area contributed by atoms with Crippen molar-refractivity contribution in [3.8, 4) is 0 Å². The lowest BCUT2D eigenvalue weighted by Gasteiger charge is -2.00. The zero-order valence-corrected chi connectivity index (χ0v) is 9.43. The summed E-state index contributed by atoms with van der Waals surface area (Å²) in [6.07, 6.45) is -1.31. The predicted molar refractivity (Wildman–Crippen MR) is 60.0 cm³/mol. The van der Waals surface area contributed by atoms with Gasteiger partial charge in [0.05, 0.1) is 5.52 Å². The van der Waals surface area contributed by atoms with Crippen LogP contribution in [0.5, 0.6) is 0 Å². The first-order valence-electron chi connectivity index (χ1n) is 4.28. The number of hydrogen-bond acceptors (Lipinski definition) is 2. The molecule has 0 aliphatic heterocycles. The monoisotopic (exact) mass is 283 g/mol. The molecule has 0 unspecified atom stereocenters. The van der Waals surface area contributed by atoms with Crippen molar-refractivity contribution in [2.75, 3.05) is 0 Å². The molecule has 0 saturated heterocycles. The Labute approximate surface area is 98.0 Å². The van der Waals surface area contributed by atoms with E-state index in [-0.39, 0.29) is 5.69 Å². The Morgan fingerprint density at radius 2 is 1.88 bits per heavy atom. The van der Waals surface area contributed by atoms with Gasteiger partial charge in [0.2, 0.25) is 0 Å². The Morgan fingerprint density at radius 3 is 2.44 bits per heavy atom. The summed E-state index contributed by atoms with van der Waals surface area (Å²) in [4.78, 5) is 21.9. The molecule has 0 fully saturated rings. The van der Waals surface area contributed by atoms with Crippen molar-refractivity contribution in [3.05, 3.63) is 34.4 Å². The van der Waals surface area contributed by atoms with Gasteiger partial charge in [-0.05, 0) is 24.3 Å². The molecule has 0 bridgehead atoms. The Hall–Kier alpha value is -1.82. The molecule has 0 radical (unpaired) electrons. The molecular weight excluding hydrogens is 278 g/mol. The fraction of sp³-hybridized carbons (Fsp3) is 0. The van der Waals surface area contributed by atoms with E-state index in [4.69, 9.17) is 10.2 Å². The van der Waals surface area contributed by atoms with Crippen molar-refractivity contribution < 1.29 is 19.8 Å². The Morgan fingerprint density at radius 1 is 1.19 bits per heavy atom. The third-order valence-electron chi connectivity index (χ3n) is 2.17. The molecule has 2 N–H and O–H groups in total. The maximum absolute atomic E-state index is 11.0. The third kappa shape index (κ3) is 1.57. The Bertz CT molecular complexity index is 602. The molecule has 1 aromatic heterocycles. The van der Waals surface area contributed by atoms with Gasteiger partial charge in [0.15, 0.2) is 0 Å². The maximum atomic E-state index is 11.0. The molecular formula is C10H6BrNO4. The maximum Gasteiger partial charge on any atom is 0.416 e. The molecule has 1 heterocycles. The van der Waals surface area contributed by atoms with Gasteiger partial charge in [-0.1, -0.05) is 15.9 Å². The van der Waals surface area contributed by atoms with Gasteiger partial charge in [-0.15, -0.1) is 0 Å². The van der Waals surface area contributed by atoms with Crippen molar-refractivity contribution in [2.24, 2.45) is 0 Å². The predicted octanol–water partition coefficient (Wildman–Crippen LogP) is 2.63. The second-order valence-electron chi connectivity index (χ2n) is 3.16. The summed E-state index contributed by atoms with van der Waals surface area (Å²) >= 11 is 3.24. The number of halogens is 1. The van der Waals surface area contributed by atoms with Crippen LogP contribution in [0.3, 0.4) is 0 Å². The van der Waals surface area contributed by atoms with Crippen LogP contribution in [-0.4, -0.2) is 26.8 Å². The zero-order chi connectivity index (χ0) is 11.9. The minimum absolute atomic E-state index is 0.263. The van der Waals surface area contributed by atoms with Gasteiger partial charge in [-0.2, -0.15) is 0 Å². The first-order chi connectivity index (χ1) is 7.50. The minimum Gasteiger partial charge on any atom is -0.477 e. The fourth-order valence-corrected chi connectivity index (χ4v) is 1.93. The first kappa shape index (κ1) is 10.7. The highest BCUT2D eigenvalue weighted by atomic mass is 79.9. The highest BCUT2D eigenvalue weighted by Gasteiger charge is 2.18. The molecule has 2 aromatic rings. The number of rotatable bonds is 1. The second-order valence-corrected chi connectivity index (χ2v) is 4.07. The van der Waals surface area contributed by atoms with Gasteiger partial charge >= 0.3 is 12.1 Å². The number of aromatic nitrogens is 1. The summed E-state index contributed by atoms with van der Waals surface area (Å²) in [5.41, 5.74) is 0.0914. The molecule has 2 rings (SSSR count). The molecule has 0 aliphatic carbocycles. The summed E-state index contributed by atoms with van der Waals surface area (Å²) < 4.78 is 1.52. The number of carbonyl (C=O) groups is 2. The molecule has 0 aliphatic rings. The van der Waals surface area contributed by atoms with E-state index in [1.807, 2.05) is 0 Å². The minimum atomic E-state index is -1.31. The molecule has 6 heteroatoms. The molecule has 16 heavy (non-hydrogen) atoms. The van der Waals surface area contributed by atoms with E-state index in [1.54, 1.807) is 18.2 Å². The summed E-state index contributed by atoms with van der Waals surface area (Å²) in [5.74, 6) is -1.27. The number of carboxylic acid groups (broad SMARTS) is 2. The molecule has 82 valence electrons. The number of fused-ring (bicyclic) bond motifs is 1. The molecule has 0 amide bonds. The topological polar surface area (TPSA) is 79.5 Å². The van der Waals surface area contributed by atoms with E-state index in [0.717, 1.165) is 9.04 Å². The van der Waals surface area contributed by atoms with Crippen LogP contribution in [0.4, 0.5) is 4.79 Å². The van der Waals surface area contributed by atoms with Gasteiger partial charge in [0, 0.05) is 9.86 Å². The van der Waals surface area contributed by atoms with Gasteiger partial charge in [-0.25, -0.2) is 14.2 Å². The lowest BCUT2D eigenvalue weighted by Crippen LogP contribution is -2.14. The lowest BCUT2D eigenvalue weighted by atomic mass is 10.2. The van der Waals surface area contributed by atoms with Crippen molar-refractivity contribution in [1.82, 2.24) is 4.57 Å². The van der Waals surface area contributed by atoms with E-state index in [2.05, 4.69) is 15.9 Å². The van der Waals surface area contributed by atoms with Crippen LogP contribution in [0.15, 0.2) is 28.7 Å². The summed E-state index contributed by atoms with van der Waals surface area (Å²) in [6, 6.07) is 6.21. The first-order valence-corrected chi connectivity index (χ1v) is 5.07. The highest BCUT2D eigenvalue weighted by molar-refractivity contribution is 9.10. The van der Waals surface area contributed by atoms with Crippen molar-refractivity contribution in [3.63, 3.8) is 0 Å². The number of benzene rings is 1. The van der Waals surface area contributed by atoms with Crippen LogP contribution in [0, 0.1) is 0 Å². The lowest BCUT2D eigenvalue weighted by molar-refractivity contribution is 0.0685. The summed E-state index contributed by atoms with van der Waals surface area (Å²) in [6.45, 7) is 0. The van der Waals surface area contributed by atoms with E-state index in [9.17, 15) is 9.59 Å². The quantitative estimate of drug-likeness (QED) is 0.843. The standard InChI is InChI=1S/C10H6BrNO4/c11-6-1-2-7-5(3-6)4-8(9(13)14)12(7)10(15)16/h1-4H,(H,13,14)(H,15,16).